The quantitative estimate of drug-likeness (QED) is 0.376. The molecule has 0 saturated heterocycles. The molecule has 0 N–H and O–H groups in total. The Morgan fingerprint density at radius 2 is 1.27 bits per heavy atom. The van der Waals surface area contributed by atoms with Gasteiger partial charge < -0.3 is 0 Å². The predicted molar refractivity (Wildman–Crippen MR) is 112 cm³/mol. The van der Waals surface area contributed by atoms with Crippen LogP contribution < -0.4 is 0 Å². The summed E-state index contributed by atoms with van der Waals surface area (Å²) in [7, 11) is 0. The molecule has 2 nitrogen and oxygen atoms in total. The average molecular weight is 453 g/mol. The van der Waals surface area contributed by atoms with E-state index < -0.39 is 18.9 Å². The summed E-state index contributed by atoms with van der Waals surface area (Å²) in [5.74, 6) is 0.370. The molecule has 136 valence electrons. The van der Waals surface area contributed by atoms with Crippen molar-refractivity contribution in [1.29, 1.82) is 0 Å². The fourth-order valence-corrected chi connectivity index (χ4v) is 20.2. The van der Waals surface area contributed by atoms with Gasteiger partial charge in [0.05, 0.1) is 0 Å². The van der Waals surface area contributed by atoms with Crippen LogP contribution in [0.1, 0.15) is 62.4 Å². The Morgan fingerprint density at radius 3 is 1.77 bits per heavy atom. The molecule has 3 heteroatoms. The number of rotatable bonds is 7. The maximum atomic E-state index is 2.81. The SMILES string of the molecule is CCC[CH2][Sn]1([CH2]CCC)[n]2cccc2C(c2ccccc2)c2ccc[n]21. The van der Waals surface area contributed by atoms with Gasteiger partial charge in [-0.05, 0) is 0 Å². The molecule has 1 aliphatic heterocycles. The summed E-state index contributed by atoms with van der Waals surface area (Å²) in [6.07, 6.45) is 10.1. The Kier molecular flexibility index (Phi) is 5.30. The van der Waals surface area contributed by atoms with Crippen molar-refractivity contribution in [1.82, 2.24) is 5.58 Å². The molecule has 3 heterocycles. The minimum atomic E-state index is -2.75. The van der Waals surface area contributed by atoms with Crippen LogP contribution in [-0.4, -0.2) is 24.5 Å². The van der Waals surface area contributed by atoms with Crippen LogP contribution >= 0.6 is 0 Å². The van der Waals surface area contributed by atoms with Crippen LogP contribution in [0.2, 0.25) is 8.87 Å². The van der Waals surface area contributed by atoms with E-state index in [1.54, 1.807) is 0 Å². The molecule has 0 fully saturated rings. The van der Waals surface area contributed by atoms with Crippen LogP contribution in [0.4, 0.5) is 0 Å². The predicted octanol–water partition coefficient (Wildman–Crippen LogP) is 6.22. The number of aromatic nitrogens is 2. The Balaban J connectivity index is 1.90. The van der Waals surface area contributed by atoms with E-state index >= 15 is 0 Å². The third kappa shape index (κ3) is 2.86. The molecule has 26 heavy (non-hydrogen) atoms. The number of unbranched alkanes of at least 4 members (excludes halogenated alkanes) is 2. The van der Waals surface area contributed by atoms with E-state index in [-0.39, 0.29) is 0 Å². The van der Waals surface area contributed by atoms with Gasteiger partial charge >= 0.3 is 163 Å². The second-order valence-corrected chi connectivity index (χ2v) is 18.9. The number of hydrogen-bond acceptors (Lipinski definition) is 0. The Morgan fingerprint density at radius 1 is 0.731 bits per heavy atom. The van der Waals surface area contributed by atoms with E-state index in [2.05, 4.69) is 86.4 Å². The summed E-state index contributed by atoms with van der Waals surface area (Å²) in [4.78, 5) is 0. The Hall–Kier alpha value is -1.42. The van der Waals surface area contributed by atoms with Gasteiger partial charge in [0.2, 0.25) is 0 Å². The van der Waals surface area contributed by atoms with E-state index in [0.717, 1.165) is 0 Å². The van der Waals surface area contributed by atoms with Gasteiger partial charge in [-0.15, -0.1) is 0 Å². The van der Waals surface area contributed by atoms with Gasteiger partial charge in [-0.25, -0.2) is 0 Å². The Labute approximate surface area is 162 Å². The minimum absolute atomic E-state index is 0.370. The third-order valence-corrected chi connectivity index (χ3v) is 20.1. The molecule has 0 aliphatic carbocycles. The summed E-state index contributed by atoms with van der Waals surface area (Å²) in [5, 5.41) is 0. The Bertz CT molecular complexity index is 794. The van der Waals surface area contributed by atoms with Crippen LogP contribution in [0.15, 0.2) is 67.0 Å². The monoisotopic (exact) mass is 454 g/mol. The average Bonchev–Trinajstić information content (AvgIpc) is 3.35. The second kappa shape index (κ2) is 7.67. The first-order chi connectivity index (χ1) is 12.8. The molecular formula is C23H30N2Sn. The van der Waals surface area contributed by atoms with E-state index in [0.29, 0.717) is 5.92 Å². The van der Waals surface area contributed by atoms with Crippen molar-refractivity contribution < 1.29 is 0 Å². The summed E-state index contributed by atoms with van der Waals surface area (Å²) in [6.45, 7) is 4.67. The number of benzene rings is 1. The van der Waals surface area contributed by atoms with Crippen LogP contribution in [0.3, 0.4) is 0 Å². The van der Waals surface area contributed by atoms with E-state index in [9.17, 15) is 0 Å². The molecule has 0 unspecified atom stereocenters. The molecule has 0 amide bonds. The number of nitrogens with zero attached hydrogens (tertiary/aromatic N) is 2. The van der Waals surface area contributed by atoms with Crippen molar-refractivity contribution in [2.75, 3.05) is 0 Å². The van der Waals surface area contributed by atoms with Gasteiger partial charge in [-0.2, -0.15) is 0 Å². The maximum absolute atomic E-state index is 2.81. The van der Waals surface area contributed by atoms with Crippen molar-refractivity contribution >= 4 is 18.9 Å². The summed E-state index contributed by atoms with van der Waals surface area (Å²) < 4.78 is 8.45. The normalized spacial score (nSPS) is 15.6. The molecule has 3 aromatic rings. The van der Waals surface area contributed by atoms with E-state index in [1.807, 2.05) is 0 Å². The molecule has 1 aliphatic rings. The molecular weight excluding hydrogens is 423 g/mol. The molecule has 1 aromatic carbocycles. The van der Waals surface area contributed by atoms with Crippen molar-refractivity contribution in [2.24, 2.45) is 0 Å². The first-order valence-corrected chi connectivity index (χ1v) is 16.8. The number of fused-ring (bicyclic) bond motifs is 2. The summed E-state index contributed by atoms with van der Waals surface area (Å²) in [6, 6.07) is 20.4. The zero-order chi connectivity index (χ0) is 18.0. The van der Waals surface area contributed by atoms with E-state index in [1.165, 1.54) is 51.5 Å². The summed E-state index contributed by atoms with van der Waals surface area (Å²) >= 11 is -2.75. The first-order valence-electron chi connectivity index (χ1n) is 10.2. The van der Waals surface area contributed by atoms with Crippen molar-refractivity contribution in [2.45, 2.75) is 54.3 Å². The molecule has 0 atom stereocenters. The number of hydrogen-bond donors (Lipinski definition) is 0. The van der Waals surface area contributed by atoms with Gasteiger partial charge in [-0.1, -0.05) is 0 Å². The van der Waals surface area contributed by atoms with Gasteiger partial charge in [-0.3, -0.25) is 0 Å². The molecule has 0 bridgehead atoms. The van der Waals surface area contributed by atoms with Crippen LogP contribution in [0.5, 0.6) is 0 Å². The van der Waals surface area contributed by atoms with E-state index in [4.69, 9.17) is 0 Å². The van der Waals surface area contributed by atoms with Gasteiger partial charge in [0.1, 0.15) is 0 Å². The van der Waals surface area contributed by atoms with Crippen molar-refractivity contribution in [3.05, 3.63) is 83.9 Å². The molecule has 0 radical (unpaired) electrons. The molecule has 4 rings (SSSR count). The zero-order valence-electron chi connectivity index (χ0n) is 16.1. The molecule has 0 saturated carbocycles. The van der Waals surface area contributed by atoms with Crippen LogP contribution in [0.25, 0.3) is 0 Å². The third-order valence-electron chi connectivity index (χ3n) is 6.04. The van der Waals surface area contributed by atoms with Gasteiger partial charge in [0.25, 0.3) is 0 Å². The zero-order valence-corrected chi connectivity index (χ0v) is 18.9. The van der Waals surface area contributed by atoms with Gasteiger partial charge in [0.15, 0.2) is 0 Å². The van der Waals surface area contributed by atoms with Crippen molar-refractivity contribution in [3.8, 4) is 0 Å². The van der Waals surface area contributed by atoms with Crippen LogP contribution in [0, 0.1) is 0 Å². The molecule has 0 spiro atoms. The van der Waals surface area contributed by atoms with Gasteiger partial charge in [0, 0.05) is 0 Å². The summed E-state index contributed by atoms with van der Waals surface area (Å²) in [5.41, 5.74) is 4.48. The van der Waals surface area contributed by atoms with Crippen LogP contribution in [-0.2, 0) is 0 Å². The second-order valence-electron chi connectivity index (χ2n) is 7.64. The molecule has 2 aromatic heterocycles. The fraction of sp³-hybridized carbons (Fsp3) is 0.391. The standard InChI is InChI=1S/C15H12N2.2C4H9.Sn/c1-2-6-12(7-3-1)15(13-8-4-10-16-13)14-9-5-11-17-14;2*1-3-4-2;/h1-11,15H;2*1,3-4H2,2H3;/q-2;;;+2. The topological polar surface area (TPSA) is 9.86 Å². The first kappa shape index (κ1) is 18.0. The van der Waals surface area contributed by atoms with Crippen molar-refractivity contribution in [3.63, 3.8) is 0 Å². The fourth-order valence-electron chi connectivity index (χ4n) is 4.80.